The molecule has 5 heteroatoms. The van der Waals surface area contributed by atoms with Crippen LogP contribution < -0.4 is 5.43 Å². The number of hydrazone groups is 1. The summed E-state index contributed by atoms with van der Waals surface area (Å²) >= 11 is 0. The summed E-state index contributed by atoms with van der Waals surface area (Å²) in [5.74, 6) is -0.671. The quantitative estimate of drug-likeness (QED) is 0.410. The van der Waals surface area contributed by atoms with E-state index in [4.69, 9.17) is 0 Å². The first-order chi connectivity index (χ1) is 13.2. The molecule has 0 unspecified atom stereocenters. The van der Waals surface area contributed by atoms with Crippen molar-refractivity contribution < 1.29 is 9.18 Å². The molecule has 4 nitrogen and oxygen atoms in total. The van der Waals surface area contributed by atoms with Crippen molar-refractivity contribution in [2.24, 2.45) is 5.10 Å². The van der Waals surface area contributed by atoms with Crippen molar-refractivity contribution in [3.05, 3.63) is 108 Å². The van der Waals surface area contributed by atoms with E-state index in [1.165, 1.54) is 12.1 Å². The van der Waals surface area contributed by atoms with Gasteiger partial charge in [-0.05, 0) is 36.4 Å². The lowest BCUT2D eigenvalue weighted by atomic mass is 10.0. The molecule has 3 aromatic carbocycles. The highest BCUT2D eigenvalue weighted by Gasteiger charge is 2.11. The van der Waals surface area contributed by atoms with Gasteiger partial charge in [-0.3, -0.25) is 4.79 Å². The molecule has 4 rings (SSSR count). The third-order valence-electron chi connectivity index (χ3n) is 4.21. The van der Waals surface area contributed by atoms with Crippen molar-refractivity contribution in [1.29, 1.82) is 0 Å². The minimum Gasteiger partial charge on any atom is -0.350 e. The van der Waals surface area contributed by atoms with Crippen LogP contribution in [0.2, 0.25) is 0 Å². The van der Waals surface area contributed by atoms with Gasteiger partial charge in [0.15, 0.2) is 0 Å². The molecular weight excluding hydrogens is 341 g/mol. The lowest BCUT2D eigenvalue weighted by Crippen LogP contribution is -2.21. The standard InChI is InChI=1S/C22H16FN3O/c23-18-12-10-16(11-13-18)21(15-6-2-1-3-7-15)25-26-22(27)20-14-17-8-4-5-9-19(17)24-20/h1-14,24H,(H,26,27). The second-order valence-corrected chi connectivity index (χ2v) is 6.04. The summed E-state index contributed by atoms with van der Waals surface area (Å²) in [6, 6.07) is 24.9. The van der Waals surface area contributed by atoms with Crippen LogP contribution in [0.4, 0.5) is 4.39 Å². The molecule has 0 saturated heterocycles. The minimum atomic E-state index is -0.346. The van der Waals surface area contributed by atoms with Crippen LogP contribution in [0.15, 0.2) is 90.0 Å². The highest BCUT2D eigenvalue weighted by molar-refractivity contribution is 6.13. The molecule has 0 saturated carbocycles. The first-order valence-electron chi connectivity index (χ1n) is 8.48. The van der Waals surface area contributed by atoms with Gasteiger partial charge >= 0.3 is 0 Å². The summed E-state index contributed by atoms with van der Waals surface area (Å²) in [6.07, 6.45) is 0. The minimum absolute atomic E-state index is 0.326. The smallest absolute Gasteiger partial charge is 0.287 e. The van der Waals surface area contributed by atoms with E-state index in [9.17, 15) is 9.18 Å². The van der Waals surface area contributed by atoms with Crippen molar-refractivity contribution in [3.8, 4) is 0 Å². The van der Waals surface area contributed by atoms with Gasteiger partial charge in [0, 0.05) is 22.0 Å². The molecule has 0 spiro atoms. The molecule has 132 valence electrons. The average molecular weight is 357 g/mol. The summed E-state index contributed by atoms with van der Waals surface area (Å²) in [5.41, 5.74) is 5.99. The van der Waals surface area contributed by atoms with Crippen molar-refractivity contribution in [2.45, 2.75) is 0 Å². The zero-order chi connectivity index (χ0) is 18.6. The number of aromatic amines is 1. The van der Waals surface area contributed by atoms with Crippen molar-refractivity contribution >= 4 is 22.5 Å². The number of amides is 1. The lowest BCUT2D eigenvalue weighted by molar-refractivity contribution is 0.0951. The number of fused-ring (bicyclic) bond motifs is 1. The molecule has 27 heavy (non-hydrogen) atoms. The van der Waals surface area contributed by atoms with Crippen molar-refractivity contribution in [1.82, 2.24) is 10.4 Å². The van der Waals surface area contributed by atoms with Gasteiger partial charge in [0.1, 0.15) is 11.5 Å². The van der Waals surface area contributed by atoms with Gasteiger partial charge in [0.25, 0.3) is 5.91 Å². The molecule has 0 aliphatic rings. The van der Waals surface area contributed by atoms with Gasteiger partial charge in [-0.25, -0.2) is 9.82 Å². The fourth-order valence-electron chi connectivity index (χ4n) is 2.86. The monoisotopic (exact) mass is 357 g/mol. The third kappa shape index (κ3) is 3.62. The number of hydrogen-bond acceptors (Lipinski definition) is 2. The Balaban J connectivity index is 1.66. The topological polar surface area (TPSA) is 57.2 Å². The Morgan fingerprint density at radius 2 is 1.52 bits per heavy atom. The van der Waals surface area contributed by atoms with Gasteiger partial charge in [-0.1, -0.05) is 48.5 Å². The van der Waals surface area contributed by atoms with Crippen LogP contribution in [0, 0.1) is 5.82 Å². The van der Waals surface area contributed by atoms with Crippen molar-refractivity contribution in [2.75, 3.05) is 0 Å². The molecule has 0 aliphatic heterocycles. The summed E-state index contributed by atoms with van der Waals surface area (Å²) in [7, 11) is 0. The first-order valence-corrected chi connectivity index (χ1v) is 8.48. The number of para-hydroxylation sites is 1. The number of halogens is 1. The molecule has 0 radical (unpaired) electrons. The summed E-state index contributed by atoms with van der Waals surface area (Å²) in [6.45, 7) is 0. The summed E-state index contributed by atoms with van der Waals surface area (Å²) in [5, 5.41) is 5.27. The van der Waals surface area contributed by atoms with Crippen LogP contribution in [0.25, 0.3) is 10.9 Å². The van der Waals surface area contributed by atoms with Gasteiger partial charge in [-0.2, -0.15) is 5.10 Å². The molecule has 1 aromatic heterocycles. The van der Waals surface area contributed by atoms with Gasteiger partial charge < -0.3 is 4.98 Å². The Hall–Kier alpha value is -3.73. The zero-order valence-corrected chi connectivity index (χ0v) is 14.3. The van der Waals surface area contributed by atoms with E-state index in [1.54, 1.807) is 18.2 Å². The van der Waals surface area contributed by atoms with Crippen LogP contribution in [0.1, 0.15) is 21.6 Å². The highest BCUT2D eigenvalue weighted by Crippen LogP contribution is 2.15. The molecule has 4 aromatic rings. The molecule has 0 atom stereocenters. The Kier molecular flexibility index (Phi) is 4.49. The largest absolute Gasteiger partial charge is 0.350 e. The second kappa shape index (κ2) is 7.25. The maximum Gasteiger partial charge on any atom is 0.287 e. The van der Waals surface area contributed by atoms with E-state index >= 15 is 0 Å². The Morgan fingerprint density at radius 1 is 0.852 bits per heavy atom. The number of aromatic nitrogens is 1. The van der Waals surface area contributed by atoms with Crippen LogP contribution in [0.5, 0.6) is 0 Å². The average Bonchev–Trinajstić information content (AvgIpc) is 3.14. The van der Waals surface area contributed by atoms with Crippen LogP contribution in [-0.2, 0) is 0 Å². The Bertz CT molecular complexity index is 1080. The number of benzene rings is 3. The van der Waals surface area contributed by atoms with E-state index in [-0.39, 0.29) is 11.7 Å². The normalized spacial score (nSPS) is 11.5. The molecule has 2 N–H and O–H groups in total. The fourth-order valence-corrected chi connectivity index (χ4v) is 2.86. The van der Waals surface area contributed by atoms with E-state index in [0.29, 0.717) is 17.0 Å². The van der Waals surface area contributed by atoms with Crippen molar-refractivity contribution in [3.63, 3.8) is 0 Å². The number of nitrogens with zero attached hydrogens (tertiary/aromatic N) is 1. The third-order valence-corrected chi connectivity index (χ3v) is 4.21. The maximum absolute atomic E-state index is 13.3. The molecule has 0 aliphatic carbocycles. The van der Waals surface area contributed by atoms with E-state index < -0.39 is 0 Å². The molecule has 1 amide bonds. The number of rotatable bonds is 4. The Labute approximate surface area is 155 Å². The van der Waals surface area contributed by atoms with Gasteiger partial charge in [-0.15, -0.1) is 0 Å². The maximum atomic E-state index is 13.3. The van der Waals surface area contributed by atoms with Crippen LogP contribution in [-0.4, -0.2) is 16.6 Å². The van der Waals surface area contributed by atoms with Crippen LogP contribution in [0.3, 0.4) is 0 Å². The first kappa shape index (κ1) is 16.7. The number of nitrogens with one attached hydrogen (secondary N) is 2. The second-order valence-electron chi connectivity index (χ2n) is 6.04. The molecule has 1 heterocycles. The molecule has 0 fully saturated rings. The summed E-state index contributed by atoms with van der Waals surface area (Å²) < 4.78 is 13.3. The molecular formula is C22H16FN3O. The Morgan fingerprint density at radius 3 is 2.26 bits per heavy atom. The number of hydrogen-bond donors (Lipinski definition) is 2. The predicted octanol–water partition coefficient (Wildman–Crippen LogP) is 4.49. The van der Waals surface area contributed by atoms with Gasteiger partial charge in [0.05, 0.1) is 5.71 Å². The van der Waals surface area contributed by atoms with E-state index in [1.807, 2.05) is 54.6 Å². The highest BCUT2D eigenvalue weighted by atomic mass is 19.1. The van der Waals surface area contributed by atoms with E-state index in [0.717, 1.165) is 16.5 Å². The van der Waals surface area contributed by atoms with Gasteiger partial charge in [0.2, 0.25) is 0 Å². The lowest BCUT2D eigenvalue weighted by Gasteiger charge is -2.08. The predicted molar refractivity (Wildman–Crippen MR) is 104 cm³/mol. The summed E-state index contributed by atoms with van der Waals surface area (Å²) in [4.78, 5) is 15.6. The number of carbonyl (C=O) groups is 1. The fraction of sp³-hybridized carbons (Fsp3) is 0. The zero-order valence-electron chi connectivity index (χ0n) is 14.3. The van der Waals surface area contributed by atoms with Crippen LogP contribution >= 0.6 is 0 Å². The number of carbonyl (C=O) groups excluding carboxylic acids is 1. The SMILES string of the molecule is O=C(NN=C(c1ccccc1)c1ccc(F)cc1)c1cc2ccccc2[nH]1. The number of H-pyrrole nitrogens is 1. The van der Waals surface area contributed by atoms with E-state index in [2.05, 4.69) is 15.5 Å². The molecule has 0 bridgehead atoms.